The van der Waals surface area contributed by atoms with Gasteiger partial charge in [-0.05, 0) is 49.9 Å². The van der Waals surface area contributed by atoms with Crippen LogP contribution < -0.4 is 10.2 Å². The van der Waals surface area contributed by atoms with E-state index < -0.39 is 0 Å². The van der Waals surface area contributed by atoms with Gasteiger partial charge in [0.05, 0.1) is 0 Å². The van der Waals surface area contributed by atoms with Gasteiger partial charge in [-0.3, -0.25) is 9.59 Å². The maximum absolute atomic E-state index is 12.3. The van der Waals surface area contributed by atoms with Gasteiger partial charge in [-0.2, -0.15) is 0 Å². The van der Waals surface area contributed by atoms with Gasteiger partial charge < -0.3 is 15.0 Å². The zero-order valence-electron chi connectivity index (χ0n) is 12.9. The Morgan fingerprint density at radius 2 is 2.09 bits per heavy atom. The lowest BCUT2D eigenvalue weighted by Crippen LogP contribution is -2.34. The molecule has 3 rings (SSSR count). The molecule has 2 amide bonds. The first-order valence-corrected chi connectivity index (χ1v) is 8.01. The number of aryl methyl sites for hydroxylation is 1. The molecule has 0 bridgehead atoms. The Morgan fingerprint density at radius 1 is 1.32 bits per heavy atom. The lowest BCUT2D eigenvalue weighted by Gasteiger charge is -2.29. The summed E-state index contributed by atoms with van der Waals surface area (Å²) >= 11 is 0. The Balaban J connectivity index is 1.73. The van der Waals surface area contributed by atoms with Crippen molar-refractivity contribution in [2.75, 3.05) is 30.0 Å². The predicted molar refractivity (Wildman–Crippen MR) is 85.0 cm³/mol. The van der Waals surface area contributed by atoms with Gasteiger partial charge in [0.25, 0.3) is 0 Å². The van der Waals surface area contributed by atoms with Crippen LogP contribution in [0, 0.1) is 5.92 Å². The van der Waals surface area contributed by atoms with Crippen molar-refractivity contribution >= 4 is 23.2 Å². The first-order chi connectivity index (χ1) is 10.7. The molecule has 0 aromatic heterocycles. The Kier molecular flexibility index (Phi) is 4.43. The molecule has 5 heteroatoms. The SMILES string of the molecule is CCN1C(=O)CCc2cc(NC(=O)C3CCOCC3)ccc21. The predicted octanol–water partition coefficient (Wildman–Crippen LogP) is 2.35. The molecule has 0 atom stereocenters. The second-order valence-electron chi connectivity index (χ2n) is 5.86. The van der Waals surface area contributed by atoms with Crippen molar-refractivity contribution in [2.45, 2.75) is 32.6 Å². The Hall–Kier alpha value is -1.88. The highest BCUT2D eigenvalue weighted by molar-refractivity contribution is 5.97. The molecule has 1 aromatic rings. The van der Waals surface area contributed by atoms with Gasteiger partial charge in [-0.1, -0.05) is 0 Å². The standard InChI is InChI=1S/C17H22N2O3/c1-2-19-15-5-4-14(11-13(15)3-6-16(19)20)18-17(21)12-7-9-22-10-8-12/h4-5,11-12H,2-3,6-10H2,1H3,(H,18,21). The molecule has 1 aromatic carbocycles. The van der Waals surface area contributed by atoms with Crippen molar-refractivity contribution in [1.82, 2.24) is 0 Å². The van der Waals surface area contributed by atoms with E-state index in [1.54, 1.807) is 0 Å². The summed E-state index contributed by atoms with van der Waals surface area (Å²) in [5, 5.41) is 3.01. The summed E-state index contributed by atoms with van der Waals surface area (Å²) in [4.78, 5) is 26.0. The molecule has 2 aliphatic rings. The minimum Gasteiger partial charge on any atom is -0.381 e. The fourth-order valence-corrected chi connectivity index (χ4v) is 3.19. The number of hydrogen-bond donors (Lipinski definition) is 1. The molecule has 0 spiro atoms. The maximum atomic E-state index is 12.3. The number of nitrogens with one attached hydrogen (secondary N) is 1. The molecule has 5 nitrogen and oxygen atoms in total. The van der Waals surface area contributed by atoms with Crippen LogP contribution in [-0.4, -0.2) is 31.6 Å². The lowest BCUT2D eigenvalue weighted by molar-refractivity contribution is -0.122. The zero-order valence-corrected chi connectivity index (χ0v) is 12.9. The van der Waals surface area contributed by atoms with Crippen LogP contribution in [0.4, 0.5) is 11.4 Å². The van der Waals surface area contributed by atoms with Gasteiger partial charge in [0.2, 0.25) is 11.8 Å². The second kappa shape index (κ2) is 6.48. The van der Waals surface area contributed by atoms with Gasteiger partial charge >= 0.3 is 0 Å². The number of fused-ring (bicyclic) bond motifs is 1. The fraction of sp³-hybridized carbons (Fsp3) is 0.529. The number of hydrogen-bond acceptors (Lipinski definition) is 3. The van der Waals surface area contributed by atoms with Crippen LogP contribution in [0.5, 0.6) is 0 Å². The van der Waals surface area contributed by atoms with Crippen LogP contribution in [0.25, 0.3) is 0 Å². The third-order valence-electron chi connectivity index (χ3n) is 4.46. The Bertz CT molecular complexity index is 579. The van der Waals surface area contributed by atoms with E-state index in [-0.39, 0.29) is 17.7 Å². The van der Waals surface area contributed by atoms with Crippen LogP contribution in [0.15, 0.2) is 18.2 Å². The largest absolute Gasteiger partial charge is 0.381 e. The van der Waals surface area contributed by atoms with Crippen LogP contribution >= 0.6 is 0 Å². The van der Waals surface area contributed by atoms with Crippen LogP contribution in [-0.2, 0) is 20.7 Å². The highest BCUT2D eigenvalue weighted by atomic mass is 16.5. The van der Waals surface area contributed by atoms with Gasteiger partial charge in [-0.25, -0.2) is 0 Å². The molecular formula is C17H22N2O3. The van der Waals surface area contributed by atoms with Crippen molar-refractivity contribution in [3.8, 4) is 0 Å². The van der Waals surface area contributed by atoms with Crippen LogP contribution in [0.2, 0.25) is 0 Å². The average Bonchev–Trinajstić information content (AvgIpc) is 2.55. The average molecular weight is 302 g/mol. The van der Waals surface area contributed by atoms with Crippen molar-refractivity contribution in [2.24, 2.45) is 5.92 Å². The topological polar surface area (TPSA) is 58.6 Å². The third-order valence-corrected chi connectivity index (χ3v) is 4.46. The highest BCUT2D eigenvalue weighted by Gasteiger charge is 2.24. The smallest absolute Gasteiger partial charge is 0.227 e. The summed E-state index contributed by atoms with van der Waals surface area (Å²) in [5.41, 5.74) is 2.93. The van der Waals surface area contributed by atoms with E-state index >= 15 is 0 Å². The molecule has 1 N–H and O–H groups in total. The molecule has 0 unspecified atom stereocenters. The minimum atomic E-state index is 0.0403. The number of amides is 2. The van der Waals surface area contributed by atoms with E-state index in [1.807, 2.05) is 30.0 Å². The summed E-state index contributed by atoms with van der Waals surface area (Å²) in [7, 11) is 0. The van der Waals surface area contributed by atoms with Crippen LogP contribution in [0.1, 0.15) is 31.7 Å². The van der Waals surface area contributed by atoms with Crippen molar-refractivity contribution in [1.29, 1.82) is 0 Å². The summed E-state index contributed by atoms with van der Waals surface area (Å²) < 4.78 is 5.29. The number of ether oxygens (including phenoxy) is 1. The normalized spacial score (nSPS) is 19.0. The van der Waals surface area contributed by atoms with Crippen LogP contribution in [0.3, 0.4) is 0 Å². The molecule has 118 valence electrons. The molecule has 0 radical (unpaired) electrons. The van der Waals surface area contributed by atoms with Gasteiger partial charge in [0.15, 0.2) is 0 Å². The third kappa shape index (κ3) is 2.99. The number of carbonyl (C=O) groups excluding carboxylic acids is 2. The summed E-state index contributed by atoms with van der Waals surface area (Å²) in [6.45, 7) is 3.99. The molecule has 0 saturated carbocycles. The molecule has 1 fully saturated rings. The number of nitrogens with zero attached hydrogens (tertiary/aromatic N) is 1. The lowest BCUT2D eigenvalue weighted by atomic mass is 9.98. The van der Waals surface area contributed by atoms with Gasteiger partial charge in [0, 0.05) is 43.5 Å². The van der Waals surface area contributed by atoms with E-state index in [0.717, 1.165) is 36.2 Å². The second-order valence-corrected chi connectivity index (χ2v) is 5.86. The number of benzene rings is 1. The minimum absolute atomic E-state index is 0.0403. The van der Waals surface area contributed by atoms with Gasteiger partial charge in [-0.15, -0.1) is 0 Å². The van der Waals surface area contributed by atoms with E-state index in [2.05, 4.69) is 5.32 Å². The quantitative estimate of drug-likeness (QED) is 0.932. The molecular weight excluding hydrogens is 280 g/mol. The highest BCUT2D eigenvalue weighted by Crippen LogP contribution is 2.30. The summed E-state index contributed by atoms with van der Waals surface area (Å²) in [6.07, 6.45) is 2.85. The molecule has 0 aliphatic carbocycles. The van der Waals surface area contributed by atoms with E-state index in [4.69, 9.17) is 4.74 Å². The zero-order chi connectivity index (χ0) is 15.5. The summed E-state index contributed by atoms with van der Waals surface area (Å²) in [6, 6.07) is 5.83. The first-order valence-electron chi connectivity index (χ1n) is 8.01. The number of anilines is 2. The van der Waals surface area contributed by atoms with Crippen molar-refractivity contribution < 1.29 is 14.3 Å². The maximum Gasteiger partial charge on any atom is 0.227 e. The molecule has 1 saturated heterocycles. The van der Waals surface area contributed by atoms with Gasteiger partial charge in [0.1, 0.15) is 0 Å². The molecule has 2 heterocycles. The van der Waals surface area contributed by atoms with E-state index in [9.17, 15) is 9.59 Å². The Labute approximate surface area is 130 Å². The van der Waals surface area contributed by atoms with E-state index in [1.165, 1.54) is 0 Å². The monoisotopic (exact) mass is 302 g/mol. The fourth-order valence-electron chi connectivity index (χ4n) is 3.19. The summed E-state index contributed by atoms with van der Waals surface area (Å²) in [5.74, 6) is 0.287. The molecule has 22 heavy (non-hydrogen) atoms. The Morgan fingerprint density at radius 3 is 2.82 bits per heavy atom. The number of rotatable bonds is 3. The van der Waals surface area contributed by atoms with Crippen molar-refractivity contribution in [3.05, 3.63) is 23.8 Å². The first kappa shape index (κ1) is 15.0. The van der Waals surface area contributed by atoms with Crippen molar-refractivity contribution in [3.63, 3.8) is 0 Å². The molecule has 2 aliphatic heterocycles. The van der Waals surface area contributed by atoms with E-state index in [0.29, 0.717) is 26.2 Å². The number of carbonyl (C=O) groups is 2.